The number of benzene rings is 1. The molecule has 1 nitrogen and oxygen atoms in total. The molecular weight excluding hydrogens is 248 g/mol. The van der Waals surface area contributed by atoms with E-state index in [2.05, 4.69) is 4.74 Å². The average Bonchev–Trinajstić information content (AvgIpc) is 2.20. The second-order valence-electron chi connectivity index (χ2n) is 5.07. The lowest BCUT2D eigenvalue weighted by molar-refractivity contribution is -0.294. The third-order valence-corrected chi connectivity index (χ3v) is 2.57. The van der Waals surface area contributed by atoms with Crippen LogP contribution in [0, 0.1) is 17.0 Å². The fourth-order valence-electron chi connectivity index (χ4n) is 1.27. The number of halogens is 4. The Balaban J connectivity index is 2.63. The standard InChI is InChI=1S/C13H16F4O/c1-12(2,3)13(16,17)18-8-7-9-10(14)5-4-6-11(9)15/h4-6H,7-8H2,1-3H3. The molecule has 0 saturated carbocycles. The van der Waals surface area contributed by atoms with Crippen molar-refractivity contribution in [2.24, 2.45) is 5.41 Å². The van der Waals surface area contributed by atoms with Crippen LogP contribution < -0.4 is 0 Å². The zero-order valence-corrected chi connectivity index (χ0v) is 10.6. The van der Waals surface area contributed by atoms with E-state index < -0.39 is 29.8 Å². The number of rotatable bonds is 4. The van der Waals surface area contributed by atoms with Crippen LogP contribution in [0.15, 0.2) is 18.2 Å². The van der Waals surface area contributed by atoms with E-state index in [1.54, 1.807) is 0 Å². The highest BCUT2D eigenvalue weighted by molar-refractivity contribution is 5.19. The van der Waals surface area contributed by atoms with Gasteiger partial charge in [-0.05, 0) is 12.1 Å². The zero-order valence-electron chi connectivity index (χ0n) is 10.6. The van der Waals surface area contributed by atoms with Gasteiger partial charge in [0.15, 0.2) is 0 Å². The summed E-state index contributed by atoms with van der Waals surface area (Å²) in [4.78, 5) is 0. The van der Waals surface area contributed by atoms with Crippen LogP contribution >= 0.6 is 0 Å². The van der Waals surface area contributed by atoms with Crippen molar-refractivity contribution >= 4 is 0 Å². The van der Waals surface area contributed by atoms with Gasteiger partial charge in [-0.3, -0.25) is 0 Å². The van der Waals surface area contributed by atoms with Crippen molar-refractivity contribution in [3.8, 4) is 0 Å². The fourth-order valence-corrected chi connectivity index (χ4v) is 1.27. The van der Waals surface area contributed by atoms with Crippen molar-refractivity contribution < 1.29 is 22.3 Å². The van der Waals surface area contributed by atoms with Crippen LogP contribution in [0.2, 0.25) is 0 Å². The minimum Gasteiger partial charge on any atom is -0.320 e. The molecule has 0 aliphatic heterocycles. The summed E-state index contributed by atoms with van der Waals surface area (Å²) in [7, 11) is 0. The van der Waals surface area contributed by atoms with Crippen LogP contribution in [0.3, 0.4) is 0 Å². The van der Waals surface area contributed by atoms with Crippen LogP contribution in [0.4, 0.5) is 17.6 Å². The molecule has 0 atom stereocenters. The third-order valence-electron chi connectivity index (χ3n) is 2.57. The summed E-state index contributed by atoms with van der Waals surface area (Å²) in [6.07, 6.45) is -3.57. The Kier molecular flexibility index (Phi) is 4.37. The predicted octanol–water partition coefficient (Wildman–Crippen LogP) is 4.16. The Morgan fingerprint density at radius 2 is 1.56 bits per heavy atom. The normalized spacial score (nSPS) is 12.8. The average molecular weight is 264 g/mol. The molecule has 0 amide bonds. The molecule has 0 aliphatic carbocycles. The van der Waals surface area contributed by atoms with Gasteiger partial charge in [-0.1, -0.05) is 26.8 Å². The molecule has 0 saturated heterocycles. The molecule has 0 unspecified atom stereocenters. The Labute approximate surface area is 104 Å². The summed E-state index contributed by atoms with van der Waals surface area (Å²) >= 11 is 0. The van der Waals surface area contributed by atoms with Gasteiger partial charge in [-0.15, -0.1) is 0 Å². The van der Waals surface area contributed by atoms with Crippen LogP contribution in [0.1, 0.15) is 26.3 Å². The molecule has 0 spiro atoms. The van der Waals surface area contributed by atoms with E-state index in [4.69, 9.17) is 0 Å². The molecule has 0 heterocycles. The lowest BCUT2D eigenvalue weighted by Crippen LogP contribution is -2.37. The first-order chi connectivity index (χ1) is 8.15. The summed E-state index contributed by atoms with van der Waals surface area (Å²) < 4.78 is 57.7. The van der Waals surface area contributed by atoms with E-state index in [1.165, 1.54) is 26.8 Å². The first-order valence-corrected chi connectivity index (χ1v) is 5.60. The van der Waals surface area contributed by atoms with Gasteiger partial charge >= 0.3 is 6.11 Å². The largest absolute Gasteiger partial charge is 0.360 e. The monoisotopic (exact) mass is 264 g/mol. The smallest absolute Gasteiger partial charge is 0.320 e. The molecule has 0 bridgehead atoms. The van der Waals surface area contributed by atoms with Crippen molar-refractivity contribution in [2.75, 3.05) is 6.61 Å². The van der Waals surface area contributed by atoms with Gasteiger partial charge in [-0.2, -0.15) is 8.78 Å². The quantitative estimate of drug-likeness (QED) is 0.742. The van der Waals surface area contributed by atoms with E-state index in [9.17, 15) is 17.6 Å². The minimum absolute atomic E-state index is 0.232. The van der Waals surface area contributed by atoms with Crippen molar-refractivity contribution in [2.45, 2.75) is 33.3 Å². The molecule has 0 aliphatic rings. The fraction of sp³-hybridized carbons (Fsp3) is 0.538. The van der Waals surface area contributed by atoms with Gasteiger partial charge in [0.1, 0.15) is 11.6 Å². The van der Waals surface area contributed by atoms with Crippen molar-refractivity contribution in [1.29, 1.82) is 0 Å². The Morgan fingerprint density at radius 3 is 2.00 bits per heavy atom. The Bertz CT molecular complexity index is 390. The lowest BCUT2D eigenvalue weighted by Gasteiger charge is -2.29. The first-order valence-electron chi connectivity index (χ1n) is 5.60. The molecule has 0 radical (unpaired) electrons. The number of hydrogen-bond acceptors (Lipinski definition) is 1. The van der Waals surface area contributed by atoms with Crippen molar-refractivity contribution in [3.05, 3.63) is 35.4 Å². The molecule has 5 heteroatoms. The van der Waals surface area contributed by atoms with Gasteiger partial charge < -0.3 is 4.74 Å². The summed E-state index contributed by atoms with van der Waals surface area (Å²) in [5.41, 5.74) is -1.59. The predicted molar refractivity (Wildman–Crippen MR) is 60.4 cm³/mol. The van der Waals surface area contributed by atoms with Crippen LogP contribution in [0.5, 0.6) is 0 Å². The summed E-state index contributed by atoms with van der Waals surface area (Å²) in [6, 6.07) is 3.39. The molecular formula is C13H16F4O. The highest BCUT2D eigenvalue weighted by Crippen LogP contribution is 2.36. The van der Waals surface area contributed by atoms with Crippen LogP contribution in [0.25, 0.3) is 0 Å². The van der Waals surface area contributed by atoms with Crippen molar-refractivity contribution in [3.63, 3.8) is 0 Å². The van der Waals surface area contributed by atoms with E-state index in [-0.39, 0.29) is 12.0 Å². The topological polar surface area (TPSA) is 9.23 Å². The zero-order chi connectivity index (χ0) is 14.0. The molecule has 1 aromatic carbocycles. The van der Waals surface area contributed by atoms with E-state index in [0.717, 1.165) is 12.1 Å². The summed E-state index contributed by atoms with van der Waals surface area (Å²) in [5.74, 6) is -1.50. The van der Waals surface area contributed by atoms with Gasteiger partial charge in [-0.25, -0.2) is 8.78 Å². The summed E-state index contributed by atoms with van der Waals surface area (Å²) in [5, 5.41) is 0. The molecule has 102 valence electrons. The number of alkyl halides is 2. The minimum atomic E-state index is -3.34. The summed E-state index contributed by atoms with van der Waals surface area (Å²) in [6.45, 7) is 3.55. The maximum Gasteiger partial charge on any atom is 0.360 e. The van der Waals surface area contributed by atoms with Crippen molar-refractivity contribution in [1.82, 2.24) is 0 Å². The van der Waals surface area contributed by atoms with E-state index >= 15 is 0 Å². The molecule has 0 N–H and O–H groups in total. The van der Waals surface area contributed by atoms with Gasteiger partial charge in [0.25, 0.3) is 0 Å². The maximum atomic E-state index is 13.4. The molecule has 18 heavy (non-hydrogen) atoms. The van der Waals surface area contributed by atoms with Gasteiger partial charge in [0.2, 0.25) is 0 Å². The number of ether oxygens (including phenoxy) is 1. The van der Waals surface area contributed by atoms with Crippen LogP contribution in [-0.4, -0.2) is 12.7 Å². The van der Waals surface area contributed by atoms with Crippen LogP contribution in [-0.2, 0) is 11.2 Å². The highest BCUT2D eigenvalue weighted by atomic mass is 19.3. The molecule has 1 aromatic rings. The second kappa shape index (κ2) is 5.26. The molecule has 0 aromatic heterocycles. The first kappa shape index (κ1) is 15.0. The third kappa shape index (κ3) is 3.45. The Morgan fingerprint density at radius 1 is 1.06 bits per heavy atom. The Hall–Kier alpha value is -1.10. The van der Waals surface area contributed by atoms with E-state index in [0.29, 0.717) is 0 Å². The van der Waals surface area contributed by atoms with E-state index in [1.807, 2.05) is 0 Å². The molecule has 1 rings (SSSR count). The molecule has 0 fully saturated rings. The SMILES string of the molecule is CC(C)(C)C(F)(F)OCCc1c(F)cccc1F. The van der Waals surface area contributed by atoms with Gasteiger partial charge in [0.05, 0.1) is 12.0 Å². The second-order valence-corrected chi connectivity index (χ2v) is 5.07. The highest BCUT2D eigenvalue weighted by Gasteiger charge is 2.44. The van der Waals surface area contributed by atoms with Gasteiger partial charge in [0, 0.05) is 12.0 Å². The lowest BCUT2D eigenvalue weighted by atomic mass is 9.95. The number of hydrogen-bond donors (Lipinski definition) is 0. The maximum absolute atomic E-state index is 13.4.